The van der Waals surface area contributed by atoms with E-state index in [0.717, 1.165) is 10.6 Å². The van der Waals surface area contributed by atoms with Crippen molar-refractivity contribution in [2.75, 3.05) is 29.5 Å². The van der Waals surface area contributed by atoms with Gasteiger partial charge in [-0.05, 0) is 36.4 Å². The molecule has 0 aliphatic carbocycles. The first-order chi connectivity index (χ1) is 11.3. The monoisotopic (exact) mass is 368 g/mol. The van der Waals surface area contributed by atoms with Crippen LogP contribution in [0.4, 0.5) is 11.4 Å². The van der Waals surface area contributed by atoms with Crippen LogP contribution >= 0.6 is 11.6 Å². The summed E-state index contributed by atoms with van der Waals surface area (Å²) in [4.78, 5) is 12.0. The van der Waals surface area contributed by atoms with Crippen LogP contribution in [0.25, 0.3) is 0 Å². The van der Waals surface area contributed by atoms with E-state index in [0.29, 0.717) is 22.1 Å². The van der Waals surface area contributed by atoms with Gasteiger partial charge in [-0.1, -0.05) is 23.7 Å². The summed E-state index contributed by atoms with van der Waals surface area (Å²) < 4.78 is 29.8. The first-order valence-electron chi connectivity index (χ1n) is 6.98. The molecule has 8 heteroatoms. The summed E-state index contributed by atoms with van der Waals surface area (Å²) in [5.74, 6) is 0.107. The molecule has 0 aliphatic heterocycles. The normalized spacial score (nSPS) is 11.0. The summed E-state index contributed by atoms with van der Waals surface area (Å²) in [6.07, 6.45) is 1.09. The van der Waals surface area contributed by atoms with Gasteiger partial charge < -0.3 is 10.1 Å². The van der Waals surface area contributed by atoms with E-state index in [1.165, 1.54) is 7.05 Å². The zero-order chi connectivity index (χ0) is 17.7. The number of carbonyl (C=O) groups is 1. The number of carbonyl (C=O) groups excluding carboxylic acids is 1. The third-order valence-electron chi connectivity index (χ3n) is 3.20. The summed E-state index contributed by atoms with van der Waals surface area (Å²) in [5, 5.41) is 3.22. The number of halogens is 1. The van der Waals surface area contributed by atoms with Gasteiger partial charge in [-0.25, -0.2) is 8.42 Å². The lowest BCUT2D eigenvalue weighted by Crippen LogP contribution is -2.27. The summed E-state index contributed by atoms with van der Waals surface area (Å²) in [5.41, 5.74) is 0.759. The third-order valence-corrected chi connectivity index (χ3v) is 4.64. The summed E-state index contributed by atoms with van der Waals surface area (Å²) in [6, 6.07) is 13.2. The minimum Gasteiger partial charge on any atom is -0.484 e. The molecule has 0 radical (unpaired) electrons. The van der Waals surface area contributed by atoms with Crippen molar-refractivity contribution in [1.82, 2.24) is 0 Å². The molecule has 0 fully saturated rings. The number of nitrogens with zero attached hydrogens (tertiary/aromatic N) is 1. The Morgan fingerprint density at radius 3 is 2.42 bits per heavy atom. The fraction of sp³-hybridized carbons (Fsp3) is 0.188. The lowest BCUT2D eigenvalue weighted by Gasteiger charge is -2.20. The van der Waals surface area contributed by atoms with Crippen LogP contribution in [0.2, 0.25) is 5.02 Å². The van der Waals surface area contributed by atoms with Crippen molar-refractivity contribution in [1.29, 1.82) is 0 Å². The van der Waals surface area contributed by atoms with Crippen molar-refractivity contribution in [3.05, 3.63) is 53.6 Å². The van der Waals surface area contributed by atoms with Gasteiger partial charge in [-0.3, -0.25) is 9.10 Å². The van der Waals surface area contributed by atoms with Gasteiger partial charge in [-0.15, -0.1) is 0 Å². The molecule has 0 heterocycles. The van der Waals surface area contributed by atoms with Crippen LogP contribution in [0.1, 0.15) is 0 Å². The largest absolute Gasteiger partial charge is 0.484 e. The number of nitrogens with one attached hydrogen (secondary N) is 1. The Morgan fingerprint density at radius 2 is 1.79 bits per heavy atom. The number of rotatable bonds is 6. The van der Waals surface area contributed by atoms with Crippen molar-refractivity contribution in [2.45, 2.75) is 0 Å². The average Bonchev–Trinajstić information content (AvgIpc) is 2.53. The van der Waals surface area contributed by atoms with Gasteiger partial charge in [0.25, 0.3) is 5.91 Å². The second kappa shape index (κ2) is 7.55. The van der Waals surface area contributed by atoms with E-state index in [9.17, 15) is 13.2 Å². The van der Waals surface area contributed by atoms with Gasteiger partial charge in [-0.2, -0.15) is 0 Å². The van der Waals surface area contributed by atoms with E-state index in [1.807, 2.05) is 0 Å². The highest BCUT2D eigenvalue weighted by atomic mass is 35.5. The molecule has 1 N–H and O–H groups in total. The molecule has 128 valence electrons. The minimum atomic E-state index is -3.44. The molecule has 0 saturated carbocycles. The molecule has 2 aromatic rings. The number of ether oxygens (including phenoxy) is 1. The average molecular weight is 369 g/mol. The molecule has 6 nitrogen and oxygen atoms in total. The Bertz CT molecular complexity index is 822. The van der Waals surface area contributed by atoms with Gasteiger partial charge in [0.1, 0.15) is 5.75 Å². The van der Waals surface area contributed by atoms with Crippen molar-refractivity contribution in [3.63, 3.8) is 0 Å². The molecular formula is C16H17ClN2O4S. The Hall–Kier alpha value is -2.25. The van der Waals surface area contributed by atoms with E-state index < -0.39 is 15.9 Å². The van der Waals surface area contributed by atoms with Crippen LogP contribution < -0.4 is 14.4 Å². The standard InChI is InChI=1S/C16H17ClN2O4S/c1-19(24(2,21)22)15-6-4-3-5-14(15)18-16(20)11-23-13-9-7-12(17)8-10-13/h3-10H,11H2,1-2H3,(H,18,20). The van der Waals surface area contributed by atoms with E-state index in [2.05, 4.69) is 5.32 Å². The zero-order valence-electron chi connectivity index (χ0n) is 13.2. The Labute approximate surface area is 146 Å². The van der Waals surface area contributed by atoms with Crippen LogP contribution in [0.15, 0.2) is 48.5 Å². The predicted molar refractivity (Wildman–Crippen MR) is 95.3 cm³/mol. The number of benzene rings is 2. The quantitative estimate of drug-likeness (QED) is 0.850. The summed E-state index contributed by atoms with van der Waals surface area (Å²) in [6.45, 7) is -0.210. The predicted octanol–water partition coefficient (Wildman–Crippen LogP) is 2.75. The summed E-state index contributed by atoms with van der Waals surface area (Å²) in [7, 11) is -2.01. The van der Waals surface area contributed by atoms with Gasteiger partial charge in [0, 0.05) is 12.1 Å². The third kappa shape index (κ3) is 4.87. The molecule has 0 spiro atoms. The lowest BCUT2D eigenvalue weighted by molar-refractivity contribution is -0.118. The SMILES string of the molecule is CN(c1ccccc1NC(=O)COc1ccc(Cl)cc1)S(C)(=O)=O. The number of sulfonamides is 1. The molecule has 0 unspecified atom stereocenters. The van der Waals surface area contributed by atoms with Crippen molar-refractivity contribution in [3.8, 4) is 5.75 Å². The van der Waals surface area contributed by atoms with E-state index in [-0.39, 0.29) is 6.61 Å². The fourth-order valence-corrected chi connectivity index (χ4v) is 2.54. The molecule has 1 amide bonds. The highest BCUT2D eigenvalue weighted by molar-refractivity contribution is 7.92. The summed E-state index contributed by atoms with van der Waals surface area (Å²) >= 11 is 5.78. The fourth-order valence-electron chi connectivity index (χ4n) is 1.90. The number of amides is 1. The molecular weight excluding hydrogens is 352 g/mol. The van der Waals surface area contributed by atoms with Gasteiger partial charge in [0.15, 0.2) is 6.61 Å². The smallest absolute Gasteiger partial charge is 0.262 e. The second-order valence-electron chi connectivity index (χ2n) is 5.04. The van der Waals surface area contributed by atoms with Crippen LogP contribution in [-0.2, 0) is 14.8 Å². The van der Waals surface area contributed by atoms with Crippen LogP contribution in [0.5, 0.6) is 5.75 Å². The van der Waals surface area contributed by atoms with Crippen molar-refractivity contribution < 1.29 is 17.9 Å². The molecule has 2 aromatic carbocycles. The Balaban J connectivity index is 2.05. The van der Waals surface area contributed by atoms with E-state index in [1.54, 1.807) is 48.5 Å². The van der Waals surface area contributed by atoms with Crippen molar-refractivity contribution >= 4 is 38.9 Å². The van der Waals surface area contributed by atoms with Gasteiger partial charge in [0.2, 0.25) is 10.0 Å². The topological polar surface area (TPSA) is 75.7 Å². The molecule has 0 atom stereocenters. The minimum absolute atomic E-state index is 0.210. The first-order valence-corrected chi connectivity index (χ1v) is 9.21. The van der Waals surface area contributed by atoms with E-state index in [4.69, 9.17) is 16.3 Å². The Kier molecular flexibility index (Phi) is 5.69. The molecule has 0 aromatic heterocycles. The van der Waals surface area contributed by atoms with Crippen LogP contribution in [0, 0.1) is 0 Å². The van der Waals surface area contributed by atoms with Crippen LogP contribution in [-0.4, -0.2) is 34.2 Å². The molecule has 0 aliphatic rings. The number of para-hydroxylation sites is 2. The molecule has 24 heavy (non-hydrogen) atoms. The molecule has 0 bridgehead atoms. The molecule has 0 saturated heterocycles. The van der Waals surface area contributed by atoms with Gasteiger partial charge in [0.05, 0.1) is 17.6 Å². The zero-order valence-corrected chi connectivity index (χ0v) is 14.8. The van der Waals surface area contributed by atoms with Gasteiger partial charge >= 0.3 is 0 Å². The molecule has 2 rings (SSSR count). The maximum Gasteiger partial charge on any atom is 0.262 e. The Morgan fingerprint density at radius 1 is 1.17 bits per heavy atom. The lowest BCUT2D eigenvalue weighted by atomic mass is 10.2. The maximum atomic E-state index is 12.0. The van der Waals surface area contributed by atoms with Crippen molar-refractivity contribution in [2.24, 2.45) is 0 Å². The second-order valence-corrected chi connectivity index (χ2v) is 7.49. The van der Waals surface area contributed by atoms with Crippen LogP contribution in [0.3, 0.4) is 0 Å². The number of hydrogen-bond acceptors (Lipinski definition) is 4. The highest BCUT2D eigenvalue weighted by Crippen LogP contribution is 2.26. The van der Waals surface area contributed by atoms with E-state index >= 15 is 0 Å². The maximum absolute atomic E-state index is 12.0. The number of anilines is 2. The number of hydrogen-bond donors (Lipinski definition) is 1. The highest BCUT2D eigenvalue weighted by Gasteiger charge is 2.16. The first kappa shape index (κ1) is 18.1.